The predicted octanol–water partition coefficient (Wildman–Crippen LogP) is -0.422. The molecule has 1 aliphatic rings. The highest BCUT2D eigenvalue weighted by Crippen LogP contribution is 2.21. The van der Waals surface area contributed by atoms with E-state index < -0.39 is 30.7 Å². The van der Waals surface area contributed by atoms with Gasteiger partial charge < -0.3 is 30.1 Å². The predicted molar refractivity (Wildman–Crippen MR) is 86.9 cm³/mol. The molecule has 1 amide bonds. The average molecular weight is 337 g/mol. The summed E-state index contributed by atoms with van der Waals surface area (Å²) in [6.45, 7) is 1.95. The molecule has 0 aliphatic carbocycles. The van der Waals surface area contributed by atoms with Gasteiger partial charge in [0.05, 0.1) is 0 Å². The van der Waals surface area contributed by atoms with Gasteiger partial charge in [-0.15, -0.1) is 0 Å². The third-order valence-electron chi connectivity index (χ3n) is 3.88. The average Bonchev–Trinajstić information content (AvgIpc) is 2.58. The van der Waals surface area contributed by atoms with E-state index in [1.54, 1.807) is 6.08 Å². The molecule has 2 rings (SSSR count). The molecule has 0 radical (unpaired) electrons. The molecule has 24 heavy (non-hydrogen) atoms. The number of aliphatic hydroxyl groups excluding tert-OH is 3. The fourth-order valence-corrected chi connectivity index (χ4v) is 2.39. The molecule has 0 saturated carbocycles. The van der Waals surface area contributed by atoms with Crippen molar-refractivity contribution in [3.05, 3.63) is 41.5 Å². The summed E-state index contributed by atoms with van der Waals surface area (Å²) in [5.74, 6) is -0.360. The largest absolute Gasteiger partial charge is 0.388 e. The Balaban J connectivity index is 1.87. The van der Waals surface area contributed by atoms with Crippen molar-refractivity contribution in [2.45, 2.75) is 37.6 Å². The molecule has 1 heterocycles. The van der Waals surface area contributed by atoms with Gasteiger partial charge in [-0.3, -0.25) is 4.79 Å². The molecule has 7 heteroatoms. The molecule has 0 unspecified atom stereocenters. The number of nitrogens with one attached hydrogen (secondary N) is 1. The van der Waals surface area contributed by atoms with Crippen LogP contribution in [0.15, 0.2) is 30.3 Å². The molecular weight excluding hydrogens is 314 g/mol. The van der Waals surface area contributed by atoms with E-state index in [9.17, 15) is 20.1 Å². The minimum atomic E-state index is -1.41. The van der Waals surface area contributed by atoms with Gasteiger partial charge in [0.1, 0.15) is 24.4 Å². The summed E-state index contributed by atoms with van der Waals surface area (Å²) in [7, 11) is 1.32. The monoisotopic (exact) mass is 337 g/mol. The number of hydrogen-bond acceptors (Lipinski definition) is 6. The van der Waals surface area contributed by atoms with Crippen molar-refractivity contribution in [3.63, 3.8) is 0 Å². The first-order chi connectivity index (χ1) is 11.4. The Labute approximate surface area is 140 Å². The number of carbonyl (C=O) groups is 1. The highest BCUT2D eigenvalue weighted by molar-refractivity contribution is 5.91. The summed E-state index contributed by atoms with van der Waals surface area (Å²) in [6, 6.07) is 7.69. The first kappa shape index (κ1) is 18.6. The number of aliphatic hydroxyl groups is 3. The second kappa shape index (κ2) is 8.36. The lowest BCUT2D eigenvalue weighted by atomic mass is 9.99. The number of aryl methyl sites for hydroxylation is 1. The zero-order valence-electron chi connectivity index (χ0n) is 13.6. The number of hydrogen-bond donors (Lipinski definition) is 4. The minimum absolute atomic E-state index is 0.0259. The number of benzene rings is 1. The second-order valence-electron chi connectivity index (χ2n) is 5.74. The lowest BCUT2D eigenvalue weighted by Gasteiger charge is -2.39. The van der Waals surface area contributed by atoms with Crippen LogP contribution >= 0.6 is 0 Å². The van der Waals surface area contributed by atoms with Crippen molar-refractivity contribution in [1.82, 2.24) is 5.32 Å². The molecule has 1 saturated heterocycles. The molecule has 1 aromatic rings. The summed E-state index contributed by atoms with van der Waals surface area (Å²) in [5.41, 5.74) is 2.02. The Hall–Kier alpha value is -1.77. The zero-order chi connectivity index (χ0) is 17.7. The maximum atomic E-state index is 11.9. The Morgan fingerprint density at radius 1 is 1.21 bits per heavy atom. The maximum Gasteiger partial charge on any atom is 0.244 e. The number of carbonyl (C=O) groups excluding carboxylic acids is 1. The third kappa shape index (κ3) is 4.62. The van der Waals surface area contributed by atoms with E-state index in [0.717, 1.165) is 11.1 Å². The van der Waals surface area contributed by atoms with Gasteiger partial charge in [0.2, 0.25) is 5.91 Å². The molecule has 4 N–H and O–H groups in total. The first-order valence-electron chi connectivity index (χ1n) is 7.67. The van der Waals surface area contributed by atoms with Gasteiger partial charge >= 0.3 is 0 Å². The normalized spacial score (nSPS) is 30.5. The number of rotatable bonds is 5. The summed E-state index contributed by atoms with van der Waals surface area (Å²) < 4.78 is 10.2. The van der Waals surface area contributed by atoms with Crippen molar-refractivity contribution in [3.8, 4) is 0 Å². The van der Waals surface area contributed by atoms with Crippen molar-refractivity contribution in [1.29, 1.82) is 0 Å². The SMILES string of the molecule is CO[C@H]1O[C@H](CNC(=O)C=Cc2ccc(C)cc2)[C@@H](O)[C@H](O)[C@@H]1O. The summed E-state index contributed by atoms with van der Waals surface area (Å²) in [5, 5.41) is 31.9. The van der Waals surface area contributed by atoms with Gasteiger partial charge in [0.25, 0.3) is 0 Å². The Morgan fingerprint density at radius 3 is 2.50 bits per heavy atom. The van der Waals surface area contributed by atoms with E-state index in [-0.39, 0.29) is 12.5 Å². The van der Waals surface area contributed by atoms with E-state index in [2.05, 4.69) is 5.32 Å². The Kier molecular flexibility index (Phi) is 6.47. The van der Waals surface area contributed by atoms with Gasteiger partial charge in [-0.25, -0.2) is 0 Å². The molecule has 0 spiro atoms. The quantitative estimate of drug-likeness (QED) is 0.544. The van der Waals surface area contributed by atoms with Crippen molar-refractivity contribution in [2.24, 2.45) is 0 Å². The zero-order valence-corrected chi connectivity index (χ0v) is 13.6. The maximum absolute atomic E-state index is 11.9. The molecule has 1 fully saturated rings. The van der Waals surface area contributed by atoms with Crippen LogP contribution in [0.5, 0.6) is 0 Å². The van der Waals surface area contributed by atoms with Crippen LogP contribution in [-0.4, -0.2) is 65.6 Å². The summed E-state index contributed by atoms with van der Waals surface area (Å²) in [6.07, 6.45) is -2.99. The van der Waals surface area contributed by atoms with Gasteiger partial charge in [0, 0.05) is 19.7 Å². The van der Waals surface area contributed by atoms with Crippen LogP contribution in [0.3, 0.4) is 0 Å². The van der Waals surface area contributed by atoms with Crippen LogP contribution in [-0.2, 0) is 14.3 Å². The number of amides is 1. The molecule has 1 aliphatic heterocycles. The lowest BCUT2D eigenvalue weighted by molar-refractivity contribution is -0.288. The third-order valence-corrected chi connectivity index (χ3v) is 3.88. The van der Waals surface area contributed by atoms with E-state index in [1.165, 1.54) is 13.2 Å². The van der Waals surface area contributed by atoms with Gasteiger partial charge in [0.15, 0.2) is 6.29 Å². The van der Waals surface area contributed by atoms with Crippen LogP contribution in [0.1, 0.15) is 11.1 Å². The topological polar surface area (TPSA) is 108 Å². The van der Waals surface area contributed by atoms with E-state index in [0.29, 0.717) is 0 Å². The summed E-state index contributed by atoms with van der Waals surface area (Å²) >= 11 is 0. The van der Waals surface area contributed by atoms with Gasteiger partial charge in [-0.1, -0.05) is 29.8 Å². The molecule has 5 atom stereocenters. The van der Waals surface area contributed by atoms with Crippen LogP contribution in [0.4, 0.5) is 0 Å². The van der Waals surface area contributed by atoms with Gasteiger partial charge in [-0.2, -0.15) is 0 Å². The first-order valence-corrected chi connectivity index (χ1v) is 7.67. The van der Waals surface area contributed by atoms with Crippen LogP contribution in [0, 0.1) is 6.92 Å². The number of ether oxygens (including phenoxy) is 2. The molecular formula is C17H23NO6. The summed E-state index contributed by atoms with van der Waals surface area (Å²) in [4.78, 5) is 11.9. The van der Waals surface area contributed by atoms with Crippen LogP contribution in [0.2, 0.25) is 0 Å². The molecule has 0 bridgehead atoms. The molecule has 7 nitrogen and oxygen atoms in total. The molecule has 1 aromatic carbocycles. The Bertz CT molecular complexity index is 571. The molecule has 132 valence electrons. The van der Waals surface area contributed by atoms with Gasteiger partial charge in [-0.05, 0) is 18.6 Å². The minimum Gasteiger partial charge on any atom is -0.388 e. The van der Waals surface area contributed by atoms with Crippen molar-refractivity contribution < 1.29 is 29.6 Å². The fraction of sp³-hybridized carbons (Fsp3) is 0.471. The Morgan fingerprint density at radius 2 is 1.88 bits per heavy atom. The fourth-order valence-electron chi connectivity index (χ4n) is 2.39. The highest BCUT2D eigenvalue weighted by Gasteiger charge is 2.43. The van der Waals surface area contributed by atoms with Crippen molar-refractivity contribution >= 4 is 12.0 Å². The van der Waals surface area contributed by atoms with E-state index in [1.807, 2.05) is 31.2 Å². The number of methoxy groups -OCH3 is 1. The van der Waals surface area contributed by atoms with E-state index in [4.69, 9.17) is 9.47 Å². The van der Waals surface area contributed by atoms with E-state index >= 15 is 0 Å². The second-order valence-corrected chi connectivity index (χ2v) is 5.74. The standard InChI is InChI=1S/C17H23NO6/c1-10-3-5-11(6-4-10)7-8-13(19)18-9-12-14(20)15(21)16(22)17(23-2)24-12/h3-8,12,14-17,20-22H,9H2,1-2H3,(H,18,19)/t12-,14-,15+,16+,17+/m1/s1. The smallest absolute Gasteiger partial charge is 0.244 e. The molecule has 0 aromatic heterocycles. The van der Waals surface area contributed by atoms with Crippen LogP contribution in [0.25, 0.3) is 6.08 Å². The van der Waals surface area contributed by atoms with Crippen LogP contribution < -0.4 is 5.32 Å². The highest BCUT2D eigenvalue weighted by atomic mass is 16.7. The van der Waals surface area contributed by atoms with Crippen molar-refractivity contribution in [2.75, 3.05) is 13.7 Å². The lowest BCUT2D eigenvalue weighted by Crippen LogP contribution is -2.60.